The molecule has 2 aromatic rings. The maximum absolute atomic E-state index is 11.9. The van der Waals surface area contributed by atoms with Gasteiger partial charge in [0.1, 0.15) is 0 Å². The van der Waals surface area contributed by atoms with Crippen molar-refractivity contribution >= 4 is 40.1 Å². The molecule has 3 N–H and O–H groups in total. The molecule has 0 bridgehead atoms. The quantitative estimate of drug-likeness (QED) is 0.577. The molecule has 0 aliphatic rings. The lowest BCUT2D eigenvalue weighted by Crippen LogP contribution is -2.19. The highest BCUT2D eigenvalue weighted by molar-refractivity contribution is 7.80. The van der Waals surface area contributed by atoms with E-state index in [-0.39, 0.29) is 5.78 Å². The van der Waals surface area contributed by atoms with Gasteiger partial charge in [-0.1, -0.05) is 0 Å². The molecule has 0 aromatic heterocycles. The Bertz CT molecular complexity index is 729. The third-order valence-electron chi connectivity index (χ3n) is 2.89. The fraction of sp³-hybridized carbons (Fsp3) is 0.0667. The van der Waals surface area contributed by atoms with Gasteiger partial charge in [-0.05, 0) is 55.5 Å². The van der Waals surface area contributed by atoms with Gasteiger partial charge in [-0.15, -0.1) is 0 Å². The minimum atomic E-state index is -2.39. The molecule has 0 spiro atoms. The Balaban J connectivity index is 1.93. The van der Waals surface area contributed by atoms with Crippen molar-refractivity contribution < 1.29 is 18.4 Å². The number of benzene rings is 2. The molecule has 1 atom stereocenters. The van der Waals surface area contributed by atoms with Crippen molar-refractivity contribution in [3.05, 3.63) is 54.1 Å². The predicted octanol–water partition coefficient (Wildman–Crippen LogP) is 2.74. The summed E-state index contributed by atoms with van der Waals surface area (Å²) in [5.41, 5.74) is 2.01. The lowest BCUT2D eigenvalue weighted by Gasteiger charge is -2.10. The fourth-order valence-electron chi connectivity index (χ4n) is 1.80. The van der Waals surface area contributed by atoms with Crippen molar-refractivity contribution in [2.45, 2.75) is 6.92 Å². The molecule has 0 heterocycles. The lowest BCUT2D eigenvalue weighted by molar-refractivity contribution is 0.101. The molecule has 0 saturated carbocycles. The first kappa shape index (κ1) is 16.7. The number of carbonyl (C=O) groups is 2. The summed E-state index contributed by atoms with van der Waals surface area (Å²) in [6.07, 6.45) is 0. The summed E-state index contributed by atoms with van der Waals surface area (Å²) in [5, 5.41) is 5.24. The monoisotopic (exact) mass is 332 g/mol. The van der Waals surface area contributed by atoms with E-state index in [1.807, 2.05) is 0 Å². The van der Waals surface area contributed by atoms with Crippen molar-refractivity contribution in [2.75, 3.05) is 15.4 Å². The second-order valence-corrected chi connectivity index (χ2v) is 5.30. The van der Waals surface area contributed by atoms with E-state index in [9.17, 15) is 18.4 Å². The van der Waals surface area contributed by atoms with E-state index < -0.39 is 17.3 Å². The average molecular weight is 332 g/mol. The van der Waals surface area contributed by atoms with E-state index >= 15 is 0 Å². The topological polar surface area (TPSA) is 110 Å². The van der Waals surface area contributed by atoms with Crippen LogP contribution in [0.15, 0.2) is 48.5 Å². The molecule has 0 radical (unpaired) electrons. The lowest BCUT2D eigenvalue weighted by atomic mass is 10.1. The Hall–Kier alpha value is -2.71. The van der Waals surface area contributed by atoms with Gasteiger partial charge in [-0.3, -0.25) is 9.00 Å². The van der Waals surface area contributed by atoms with Crippen LogP contribution in [0.25, 0.3) is 0 Å². The normalized spacial score (nSPS) is 11.4. The van der Waals surface area contributed by atoms with Gasteiger partial charge in [0.15, 0.2) is 5.78 Å². The number of amides is 2. The first-order chi connectivity index (χ1) is 10.9. The van der Waals surface area contributed by atoms with Gasteiger partial charge in [0.05, 0.1) is 0 Å². The summed E-state index contributed by atoms with van der Waals surface area (Å²) in [4.78, 5) is 23.0. The predicted molar refractivity (Wildman–Crippen MR) is 88.1 cm³/mol. The molecule has 0 fully saturated rings. The van der Waals surface area contributed by atoms with E-state index in [1.54, 1.807) is 36.4 Å². The van der Waals surface area contributed by atoms with Crippen molar-refractivity contribution in [3.63, 3.8) is 0 Å². The van der Waals surface area contributed by atoms with Crippen LogP contribution in [-0.2, 0) is 11.3 Å². The smallest absolute Gasteiger partial charge is 0.323 e. The van der Waals surface area contributed by atoms with Crippen molar-refractivity contribution in [3.8, 4) is 0 Å². The second-order valence-electron chi connectivity index (χ2n) is 4.63. The Labute approximate surface area is 135 Å². The molecule has 7 nitrogen and oxygen atoms in total. The van der Waals surface area contributed by atoms with E-state index in [2.05, 4.69) is 15.4 Å². The Morgan fingerprint density at radius 2 is 1.30 bits per heavy atom. The third-order valence-corrected chi connectivity index (χ3v) is 3.30. The van der Waals surface area contributed by atoms with Gasteiger partial charge < -0.3 is 19.9 Å². The summed E-state index contributed by atoms with van der Waals surface area (Å²) in [6.45, 7) is 1.47. The molecule has 2 amide bonds. The number of rotatable bonds is 5. The zero-order valence-corrected chi connectivity index (χ0v) is 13.0. The number of carbonyl (C=O) groups excluding carboxylic acids is 2. The number of hydrogen-bond acceptors (Lipinski definition) is 4. The fourth-order valence-corrected chi connectivity index (χ4v) is 2.13. The zero-order valence-electron chi connectivity index (χ0n) is 12.2. The van der Waals surface area contributed by atoms with Crippen LogP contribution in [0, 0.1) is 0 Å². The van der Waals surface area contributed by atoms with Crippen molar-refractivity contribution in [2.24, 2.45) is 0 Å². The SMILES string of the molecule is CC(=O)c1ccc(NC(=O)Nc2ccc(NS(=O)[O-])cc2)cc1. The highest BCUT2D eigenvalue weighted by atomic mass is 32.2. The van der Waals surface area contributed by atoms with Gasteiger partial charge in [-0.25, -0.2) is 4.79 Å². The molecule has 2 aromatic carbocycles. The molecule has 0 saturated heterocycles. The largest absolute Gasteiger partial charge is 0.755 e. The molecule has 23 heavy (non-hydrogen) atoms. The molecule has 0 aliphatic carbocycles. The number of nitrogens with one attached hydrogen (secondary N) is 3. The summed E-state index contributed by atoms with van der Waals surface area (Å²) in [6, 6.07) is 12.2. The molecule has 120 valence electrons. The van der Waals surface area contributed by atoms with Gasteiger partial charge in [0.2, 0.25) is 0 Å². The van der Waals surface area contributed by atoms with Gasteiger partial charge in [0.25, 0.3) is 0 Å². The molecular formula is C15H14N3O4S-. The van der Waals surface area contributed by atoms with Gasteiger partial charge >= 0.3 is 6.03 Å². The van der Waals surface area contributed by atoms with E-state index in [0.29, 0.717) is 22.6 Å². The second kappa shape index (κ2) is 7.52. The minimum Gasteiger partial charge on any atom is -0.755 e. The Morgan fingerprint density at radius 3 is 1.74 bits per heavy atom. The average Bonchev–Trinajstić information content (AvgIpc) is 2.49. The number of anilines is 3. The van der Waals surface area contributed by atoms with Crippen LogP contribution in [0.5, 0.6) is 0 Å². The molecule has 8 heteroatoms. The van der Waals surface area contributed by atoms with Gasteiger partial charge in [0, 0.05) is 33.9 Å². The summed E-state index contributed by atoms with van der Waals surface area (Å²) < 4.78 is 23.2. The van der Waals surface area contributed by atoms with Crippen LogP contribution in [0.1, 0.15) is 17.3 Å². The number of urea groups is 1. The number of Topliss-reactive ketones (excluding diaryl/α,β-unsaturated/α-hetero) is 1. The van der Waals surface area contributed by atoms with Crippen LogP contribution in [0.2, 0.25) is 0 Å². The number of hydrogen-bond donors (Lipinski definition) is 3. The minimum absolute atomic E-state index is 0.0475. The zero-order chi connectivity index (χ0) is 16.8. The molecular weight excluding hydrogens is 318 g/mol. The number of ketones is 1. The molecule has 1 unspecified atom stereocenters. The molecule has 0 aliphatic heterocycles. The highest BCUT2D eigenvalue weighted by Crippen LogP contribution is 2.15. The van der Waals surface area contributed by atoms with Crippen LogP contribution in [0.4, 0.5) is 21.9 Å². The van der Waals surface area contributed by atoms with Crippen molar-refractivity contribution in [1.29, 1.82) is 0 Å². The van der Waals surface area contributed by atoms with Crippen LogP contribution >= 0.6 is 0 Å². The summed E-state index contributed by atoms with van der Waals surface area (Å²) >= 11 is -2.39. The first-order valence-corrected chi connectivity index (χ1v) is 7.66. The Kier molecular flexibility index (Phi) is 5.45. The Morgan fingerprint density at radius 1 is 0.870 bits per heavy atom. The standard InChI is InChI=1S/C15H15N3O4S/c1-10(19)11-2-4-12(5-3-11)16-15(20)17-13-6-8-14(9-7-13)18-23(21)22/h2-9,18H,1H3,(H,21,22)(H2,16,17,20)/p-1. The van der Waals surface area contributed by atoms with Crippen LogP contribution in [0.3, 0.4) is 0 Å². The van der Waals surface area contributed by atoms with E-state index in [0.717, 1.165) is 0 Å². The van der Waals surface area contributed by atoms with E-state index in [1.165, 1.54) is 19.1 Å². The maximum atomic E-state index is 11.9. The third kappa shape index (κ3) is 5.20. The maximum Gasteiger partial charge on any atom is 0.323 e. The van der Waals surface area contributed by atoms with E-state index in [4.69, 9.17) is 0 Å². The summed E-state index contributed by atoms with van der Waals surface area (Å²) in [5.74, 6) is -0.0475. The van der Waals surface area contributed by atoms with Crippen LogP contribution in [-0.4, -0.2) is 20.6 Å². The van der Waals surface area contributed by atoms with Crippen LogP contribution < -0.4 is 15.4 Å². The van der Waals surface area contributed by atoms with Crippen molar-refractivity contribution in [1.82, 2.24) is 0 Å². The molecule has 2 rings (SSSR count). The summed E-state index contributed by atoms with van der Waals surface area (Å²) in [7, 11) is 0. The highest BCUT2D eigenvalue weighted by Gasteiger charge is 2.04. The van der Waals surface area contributed by atoms with Gasteiger partial charge in [-0.2, -0.15) is 0 Å². The first-order valence-electron chi connectivity index (χ1n) is 6.59.